The number of carbonyl (C=O) groups is 1. The van der Waals surface area contributed by atoms with Crippen LogP contribution in [0, 0.1) is 5.92 Å². The van der Waals surface area contributed by atoms with Gasteiger partial charge in [-0.1, -0.05) is 5.21 Å². The Morgan fingerprint density at radius 2 is 2.53 bits per heavy atom. The Morgan fingerprint density at radius 1 is 1.65 bits per heavy atom. The molecule has 6 heteroatoms. The second-order valence-electron chi connectivity index (χ2n) is 4.59. The standard InChI is InChI=1S/C11H19N5O/c1-15(8-10-3-2-4-12-7-10)11(17)9-16-6-5-13-14-16/h5-6,10,12H,2-4,7-9H2,1H3. The van der Waals surface area contributed by atoms with Gasteiger partial charge in [-0.3, -0.25) is 4.79 Å². The molecule has 0 bridgehead atoms. The van der Waals surface area contributed by atoms with Crippen molar-refractivity contribution in [2.45, 2.75) is 19.4 Å². The molecule has 6 nitrogen and oxygen atoms in total. The molecule has 1 aromatic rings. The van der Waals surface area contributed by atoms with E-state index in [1.165, 1.54) is 12.8 Å². The third-order valence-corrected chi connectivity index (χ3v) is 3.13. The Balaban J connectivity index is 1.78. The fraction of sp³-hybridized carbons (Fsp3) is 0.727. The number of carbonyl (C=O) groups excluding carboxylic acids is 1. The minimum Gasteiger partial charge on any atom is -0.344 e. The first-order chi connectivity index (χ1) is 8.25. The molecule has 1 aromatic heterocycles. The van der Waals surface area contributed by atoms with E-state index in [1.54, 1.807) is 22.0 Å². The Bertz CT molecular complexity index is 345. The lowest BCUT2D eigenvalue weighted by atomic mass is 9.99. The van der Waals surface area contributed by atoms with Crippen LogP contribution >= 0.6 is 0 Å². The number of rotatable bonds is 4. The van der Waals surface area contributed by atoms with Gasteiger partial charge in [-0.05, 0) is 31.8 Å². The second-order valence-corrected chi connectivity index (χ2v) is 4.59. The summed E-state index contributed by atoms with van der Waals surface area (Å²) in [6.07, 6.45) is 5.69. The third kappa shape index (κ3) is 3.52. The van der Waals surface area contributed by atoms with Crippen molar-refractivity contribution in [2.75, 3.05) is 26.7 Å². The molecule has 1 N–H and O–H groups in total. The van der Waals surface area contributed by atoms with Gasteiger partial charge in [-0.15, -0.1) is 5.10 Å². The van der Waals surface area contributed by atoms with Gasteiger partial charge in [0.05, 0.1) is 6.20 Å². The summed E-state index contributed by atoms with van der Waals surface area (Å²) in [6, 6.07) is 0. The maximum Gasteiger partial charge on any atom is 0.244 e. The van der Waals surface area contributed by atoms with Crippen LogP contribution in [0.2, 0.25) is 0 Å². The highest BCUT2D eigenvalue weighted by Gasteiger charge is 2.18. The summed E-state index contributed by atoms with van der Waals surface area (Å²) >= 11 is 0. The van der Waals surface area contributed by atoms with Gasteiger partial charge >= 0.3 is 0 Å². The molecule has 0 aromatic carbocycles. The Morgan fingerprint density at radius 3 is 3.18 bits per heavy atom. The van der Waals surface area contributed by atoms with E-state index >= 15 is 0 Å². The highest BCUT2D eigenvalue weighted by molar-refractivity contribution is 5.75. The lowest BCUT2D eigenvalue weighted by Crippen LogP contribution is -2.40. The minimum absolute atomic E-state index is 0.0843. The van der Waals surface area contributed by atoms with E-state index in [9.17, 15) is 4.79 Å². The number of nitrogens with zero attached hydrogens (tertiary/aromatic N) is 4. The first kappa shape index (κ1) is 12.0. The molecule has 2 rings (SSSR count). The van der Waals surface area contributed by atoms with Gasteiger partial charge in [0.25, 0.3) is 0 Å². The van der Waals surface area contributed by atoms with Crippen molar-refractivity contribution in [2.24, 2.45) is 5.92 Å². The molecule has 0 saturated carbocycles. The molecule has 1 saturated heterocycles. The minimum atomic E-state index is 0.0843. The quantitative estimate of drug-likeness (QED) is 0.783. The van der Waals surface area contributed by atoms with Crippen molar-refractivity contribution in [1.82, 2.24) is 25.2 Å². The van der Waals surface area contributed by atoms with Gasteiger partial charge in [-0.2, -0.15) is 0 Å². The van der Waals surface area contributed by atoms with Crippen molar-refractivity contribution in [1.29, 1.82) is 0 Å². The molecule has 1 amide bonds. The van der Waals surface area contributed by atoms with E-state index in [0.717, 1.165) is 19.6 Å². The van der Waals surface area contributed by atoms with Gasteiger partial charge < -0.3 is 10.2 Å². The molecule has 1 aliphatic heterocycles. The van der Waals surface area contributed by atoms with E-state index in [1.807, 2.05) is 7.05 Å². The number of nitrogens with one attached hydrogen (secondary N) is 1. The molecule has 1 atom stereocenters. The van der Waals surface area contributed by atoms with Crippen molar-refractivity contribution < 1.29 is 4.79 Å². The van der Waals surface area contributed by atoms with E-state index < -0.39 is 0 Å². The molecule has 1 aliphatic rings. The Hall–Kier alpha value is -1.43. The van der Waals surface area contributed by atoms with E-state index in [-0.39, 0.29) is 12.5 Å². The van der Waals surface area contributed by atoms with Gasteiger partial charge in [0.2, 0.25) is 5.91 Å². The first-order valence-corrected chi connectivity index (χ1v) is 6.04. The normalized spacial score (nSPS) is 20.2. The first-order valence-electron chi connectivity index (χ1n) is 6.04. The zero-order chi connectivity index (χ0) is 12.1. The highest BCUT2D eigenvalue weighted by Crippen LogP contribution is 2.11. The average Bonchev–Trinajstić information content (AvgIpc) is 2.83. The van der Waals surface area contributed by atoms with E-state index in [4.69, 9.17) is 0 Å². The predicted octanol–water partition coefficient (Wildman–Crippen LogP) is -0.264. The van der Waals surface area contributed by atoms with Crippen LogP contribution in [0.1, 0.15) is 12.8 Å². The Labute approximate surface area is 101 Å². The summed E-state index contributed by atoms with van der Waals surface area (Å²) in [7, 11) is 1.86. The zero-order valence-corrected chi connectivity index (χ0v) is 10.2. The number of hydrogen-bond acceptors (Lipinski definition) is 4. The zero-order valence-electron chi connectivity index (χ0n) is 10.2. The molecular weight excluding hydrogens is 218 g/mol. The van der Waals surface area contributed by atoms with Crippen LogP contribution in [0.3, 0.4) is 0 Å². The number of amides is 1. The van der Waals surface area contributed by atoms with Crippen LogP contribution in [-0.4, -0.2) is 52.5 Å². The molecule has 0 spiro atoms. The molecule has 1 unspecified atom stereocenters. The second kappa shape index (κ2) is 5.77. The lowest BCUT2D eigenvalue weighted by molar-refractivity contribution is -0.131. The van der Waals surface area contributed by atoms with Crippen LogP contribution in [0.4, 0.5) is 0 Å². The number of likely N-dealkylation sites (N-methyl/N-ethyl adjacent to an activating group) is 1. The van der Waals surface area contributed by atoms with Gasteiger partial charge in [0.1, 0.15) is 6.54 Å². The van der Waals surface area contributed by atoms with Crippen LogP contribution < -0.4 is 5.32 Å². The molecule has 0 radical (unpaired) electrons. The van der Waals surface area contributed by atoms with Crippen molar-refractivity contribution >= 4 is 5.91 Å². The van der Waals surface area contributed by atoms with E-state index in [2.05, 4.69) is 15.6 Å². The summed E-state index contributed by atoms with van der Waals surface area (Å²) in [4.78, 5) is 13.7. The average molecular weight is 237 g/mol. The largest absolute Gasteiger partial charge is 0.344 e. The van der Waals surface area contributed by atoms with Crippen LogP contribution in [0.5, 0.6) is 0 Å². The molecular formula is C11H19N5O. The molecule has 1 fully saturated rings. The maximum absolute atomic E-state index is 11.9. The topological polar surface area (TPSA) is 63.1 Å². The SMILES string of the molecule is CN(CC1CCCNC1)C(=O)Cn1ccnn1. The summed E-state index contributed by atoms with van der Waals surface area (Å²) in [5.74, 6) is 0.662. The van der Waals surface area contributed by atoms with E-state index in [0.29, 0.717) is 5.92 Å². The number of aromatic nitrogens is 3. The summed E-state index contributed by atoms with van der Waals surface area (Å²) in [6.45, 7) is 3.21. The summed E-state index contributed by atoms with van der Waals surface area (Å²) < 4.78 is 1.55. The monoisotopic (exact) mass is 237 g/mol. The fourth-order valence-electron chi connectivity index (χ4n) is 2.15. The molecule has 0 aliphatic carbocycles. The number of piperidine rings is 1. The van der Waals surface area contributed by atoms with Crippen molar-refractivity contribution in [3.63, 3.8) is 0 Å². The van der Waals surface area contributed by atoms with Crippen molar-refractivity contribution in [3.05, 3.63) is 12.4 Å². The van der Waals surface area contributed by atoms with Crippen LogP contribution in [0.15, 0.2) is 12.4 Å². The summed E-state index contributed by atoms with van der Waals surface area (Å²) in [5, 5.41) is 10.8. The smallest absolute Gasteiger partial charge is 0.244 e. The van der Waals surface area contributed by atoms with Gasteiger partial charge in [0.15, 0.2) is 0 Å². The molecule has 94 valence electrons. The van der Waals surface area contributed by atoms with Crippen molar-refractivity contribution in [3.8, 4) is 0 Å². The molecule has 17 heavy (non-hydrogen) atoms. The third-order valence-electron chi connectivity index (χ3n) is 3.13. The van der Waals surface area contributed by atoms with Crippen LogP contribution in [-0.2, 0) is 11.3 Å². The molecule has 2 heterocycles. The Kier molecular flexibility index (Phi) is 4.08. The fourth-order valence-corrected chi connectivity index (χ4v) is 2.15. The summed E-state index contributed by atoms with van der Waals surface area (Å²) in [5.41, 5.74) is 0. The highest BCUT2D eigenvalue weighted by atomic mass is 16.2. The van der Waals surface area contributed by atoms with Crippen LogP contribution in [0.25, 0.3) is 0 Å². The number of hydrogen-bond donors (Lipinski definition) is 1. The van der Waals surface area contributed by atoms with Gasteiger partial charge in [0, 0.05) is 19.8 Å². The maximum atomic E-state index is 11.9. The van der Waals surface area contributed by atoms with Gasteiger partial charge in [-0.25, -0.2) is 4.68 Å². The lowest BCUT2D eigenvalue weighted by Gasteiger charge is -2.27. The predicted molar refractivity (Wildman–Crippen MR) is 63.3 cm³/mol.